The number of rotatable bonds is 7. The maximum atomic E-state index is 12.7. The molecule has 0 amide bonds. The molecular formula is C22H26F3N3O2. The number of hydrogen-bond donors (Lipinski definition) is 3. The Hall–Kier alpha value is -2.03. The first-order valence-electron chi connectivity index (χ1n) is 10.4. The third kappa shape index (κ3) is 4.82. The highest BCUT2D eigenvalue weighted by Crippen LogP contribution is 2.39. The summed E-state index contributed by atoms with van der Waals surface area (Å²) in [5.41, 5.74) is 0.962. The van der Waals surface area contributed by atoms with Crippen LogP contribution in [0.4, 0.5) is 13.2 Å². The van der Waals surface area contributed by atoms with Gasteiger partial charge in [-0.25, -0.2) is 9.97 Å². The van der Waals surface area contributed by atoms with E-state index in [-0.39, 0.29) is 24.5 Å². The zero-order chi connectivity index (χ0) is 21.3. The molecule has 2 saturated carbocycles. The minimum absolute atomic E-state index is 0.0265. The number of nitrogens with zero attached hydrogens (tertiary/aromatic N) is 2. The van der Waals surface area contributed by atoms with Crippen LogP contribution in [0.25, 0.3) is 0 Å². The number of aliphatic hydroxyl groups is 2. The summed E-state index contributed by atoms with van der Waals surface area (Å²) in [5, 5.41) is 23.6. The van der Waals surface area contributed by atoms with Crippen LogP contribution >= 0.6 is 0 Å². The number of hydrogen-bond acceptors (Lipinski definition) is 5. The van der Waals surface area contributed by atoms with Gasteiger partial charge in [-0.05, 0) is 55.4 Å². The minimum Gasteiger partial charge on any atom is -0.396 e. The van der Waals surface area contributed by atoms with E-state index in [1.807, 2.05) is 6.07 Å². The van der Waals surface area contributed by atoms with Crippen LogP contribution in [-0.4, -0.2) is 38.9 Å². The Morgan fingerprint density at radius 1 is 1.07 bits per heavy atom. The van der Waals surface area contributed by atoms with Gasteiger partial charge in [0, 0.05) is 42.9 Å². The highest BCUT2D eigenvalue weighted by atomic mass is 19.4. The maximum Gasteiger partial charge on any atom is 0.416 e. The molecule has 4 rings (SSSR count). The van der Waals surface area contributed by atoms with Gasteiger partial charge in [0.15, 0.2) is 0 Å². The van der Waals surface area contributed by atoms with Crippen LogP contribution < -0.4 is 5.32 Å². The van der Waals surface area contributed by atoms with E-state index < -0.39 is 17.8 Å². The number of aliphatic hydroxyl groups excluding tert-OH is 2. The Morgan fingerprint density at radius 3 is 2.43 bits per heavy atom. The molecule has 3 N–H and O–H groups in total. The molecule has 0 saturated heterocycles. The number of halogens is 3. The van der Waals surface area contributed by atoms with E-state index >= 15 is 0 Å². The second-order valence-corrected chi connectivity index (χ2v) is 8.38. The van der Waals surface area contributed by atoms with Gasteiger partial charge in [-0.3, -0.25) is 0 Å². The zero-order valence-electron chi connectivity index (χ0n) is 16.5. The lowest BCUT2D eigenvalue weighted by Crippen LogP contribution is -2.36. The molecule has 2 aromatic rings. The number of alkyl halides is 3. The zero-order valence-corrected chi connectivity index (χ0v) is 16.5. The Morgan fingerprint density at radius 2 is 1.80 bits per heavy atom. The van der Waals surface area contributed by atoms with Crippen molar-refractivity contribution in [1.82, 2.24) is 15.3 Å². The minimum atomic E-state index is -4.35. The van der Waals surface area contributed by atoms with Crippen molar-refractivity contribution in [3.05, 3.63) is 59.2 Å². The van der Waals surface area contributed by atoms with Crippen molar-refractivity contribution in [2.75, 3.05) is 6.61 Å². The summed E-state index contributed by atoms with van der Waals surface area (Å²) in [7, 11) is 0. The van der Waals surface area contributed by atoms with E-state index in [4.69, 9.17) is 0 Å². The summed E-state index contributed by atoms with van der Waals surface area (Å²) in [6.45, 7) is 0.270. The van der Waals surface area contributed by atoms with Gasteiger partial charge >= 0.3 is 6.18 Å². The van der Waals surface area contributed by atoms with Gasteiger partial charge < -0.3 is 15.5 Å². The molecule has 2 aliphatic carbocycles. The van der Waals surface area contributed by atoms with E-state index in [0.717, 1.165) is 42.1 Å². The van der Waals surface area contributed by atoms with Crippen molar-refractivity contribution < 1.29 is 23.4 Å². The predicted octanol–water partition coefficient (Wildman–Crippen LogP) is 3.06. The largest absolute Gasteiger partial charge is 0.416 e. The van der Waals surface area contributed by atoms with Crippen molar-refractivity contribution in [3.63, 3.8) is 0 Å². The topological polar surface area (TPSA) is 78.3 Å². The van der Waals surface area contributed by atoms with Gasteiger partial charge in [-0.1, -0.05) is 12.1 Å². The summed E-state index contributed by atoms with van der Waals surface area (Å²) in [5.74, 6) is 1.01. The monoisotopic (exact) mass is 421 g/mol. The number of benzene rings is 1. The smallest absolute Gasteiger partial charge is 0.396 e. The molecule has 1 heterocycles. The summed E-state index contributed by atoms with van der Waals surface area (Å²) in [6.07, 6.45) is 0.101. The highest BCUT2D eigenvalue weighted by molar-refractivity contribution is 5.24. The summed E-state index contributed by atoms with van der Waals surface area (Å²) < 4.78 is 38.2. The number of aromatic nitrogens is 2. The van der Waals surface area contributed by atoms with E-state index in [0.29, 0.717) is 25.3 Å². The van der Waals surface area contributed by atoms with Crippen molar-refractivity contribution >= 4 is 0 Å². The Balaban J connectivity index is 1.43. The lowest BCUT2D eigenvalue weighted by atomic mass is 9.88. The second-order valence-electron chi connectivity index (χ2n) is 8.38. The van der Waals surface area contributed by atoms with Gasteiger partial charge in [0.2, 0.25) is 0 Å². The molecule has 0 bridgehead atoms. The lowest BCUT2D eigenvalue weighted by Gasteiger charge is -2.25. The molecule has 2 fully saturated rings. The third-order valence-electron chi connectivity index (χ3n) is 6.24. The number of nitrogens with one attached hydrogen (secondary N) is 1. The van der Waals surface area contributed by atoms with Gasteiger partial charge in [0.05, 0.1) is 11.7 Å². The first kappa shape index (κ1) is 21.2. The van der Waals surface area contributed by atoms with Crippen LogP contribution in [0.5, 0.6) is 0 Å². The molecule has 2 aliphatic rings. The fourth-order valence-electron chi connectivity index (χ4n) is 4.35. The summed E-state index contributed by atoms with van der Waals surface area (Å²) in [4.78, 5) is 9.01. The van der Waals surface area contributed by atoms with Crippen molar-refractivity contribution in [1.29, 1.82) is 0 Å². The van der Waals surface area contributed by atoms with E-state index in [9.17, 15) is 23.4 Å². The van der Waals surface area contributed by atoms with Crippen LogP contribution in [0, 0.1) is 11.8 Å². The molecule has 30 heavy (non-hydrogen) atoms. The Bertz CT molecular complexity index is 855. The molecule has 8 heteroatoms. The fraction of sp³-hybridized carbons (Fsp3) is 0.545. The van der Waals surface area contributed by atoms with Crippen LogP contribution in [0.15, 0.2) is 36.5 Å². The van der Waals surface area contributed by atoms with Crippen molar-refractivity contribution in [2.45, 2.75) is 56.5 Å². The normalized spacial score (nSPS) is 26.8. The van der Waals surface area contributed by atoms with Gasteiger partial charge in [-0.15, -0.1) is 0 Å². The van der Waals surface area contributed by atoms with E-state index in [1.54, 1.807) is 6.20 Å². The molecule has 1 aromatic carbocycles. The van der Waals surface area contributed by atoms with Crippen molar-refractivity contribution in [2.24, 2.45) is 11.8 Å². The lowest BCUT2D eigenvalue weighted by molar-refractivity contribution is -0.137. The quantitative estimate of drug-likeness (QED) is 0.641. The maximum absolute atomic E-state index is 12.7. The Labute approximate surface area is 173 Å². The molecule has 162 valence electrons. The van der Waals surface area contributed by atoms with Crippen LogP contribution in [0.3, 0.4) is 0 Å². The van der Waals surface area contributed by atoms with Gasteiger partial charge in [0.1, 0.15) is 5.82 Å². The van der Waals surface area contributed by atoms with Crippen LogP contribution in [-0.2, 0) is 19.1 Å². The van der Waals surface area contributed by atoms with Gasteiger partial charge in [-0.2, -0.15) is 13.2 Å². The average Bonchev–Trinajstić information content (AvgIpc) is 3.52. The van der Waals surface area contributed by atoms with Crippen molar-refractivity contribution in [3.8, 4) is 0 Å². The van der Waals surface area contributed by atoms with Crippen LogP contribution in [0.2, 0.25) is 0 Å². The first-order valence-corrected chi connectivity index (χ1v) is 10.4. The molecule has 4 atom stereocenters. The van der Waals surface area contributed by atoms with E-state index in [2.05, 4.69) is 15.3 Å². The summed E-state index contributed by atoms with van der Waals surface area (Å²) in [6, 6.07) is 6.89. The standard InChI is InChI=1S/C22H26F3N3O2/c23-22(24,25)15-5-1-13(2-6-15)11-27-19-10-20(30)18(12-29)17(19)9-16-7-8-26-21(28-16)14-3-4-14/h1-2,5-8,14,17-20,27,29-30H,3-4,9-12H2. The molecule has 5 nitrogen and oxygen atoms in total. The van der Waals surface area contributed by atoms with Crippen LogP contribution in [0.1, 0.15) is 47.8 Å². The molecule has 1 aromatic heterocycles. The second kappa shape index (κ2) is 8.61. The first-order chi connectivity index (χ1) is 14.3. The molecular weight excluding hydrogens is 395 g/mol. The predicted molar refractivity (Wildman–Crippen MR) is 104 cm³/mol. The molecule has 0 aliphatic heterocycles. The summed E-state index contributed by atoms with van der Waals surface area (Å²) >= 11 is 0. The molecule has 0 radical (unpaired) electrons. The van der Waals surface area contributed by atoms with E-state index in [1.165, 1.54) is 12.1 Å². The van der Waals surface area contributed by atoms with Gasteiger partial charge in [0.25, 0.3) is 0 Å². The Kier molecular flexibility index (Phi) is 6.09. The average molecular weight is 421 g/mol. The molecule has 4 unspecified atom stereocenters. The molecule has 0 spiro atoms. The third-order valence-corrected chi connectivity index (χ3v) is 6.24. The fourth-order valence-corrected chi connectivity index (χ4v) is 4.35. The SMILES string of the molecule is OCC1C(O)CC(NCc2ccc(C(F)(F)F)cc2)C1Cc1ccnc(C2CC2)n1. The highest BCUT2D eigenvalue weighted by Gasteiger charge is 2.42.